The largest absolute Gasteiger partial charge is 0.466 e. The molecule has 3 amide bonds. The first-order chi connectivity index (χ1) is 12.4. The van der Waals surface area contributed by atoms with Crippen LogP contribution in [0.1, 0.15) is 23.9 Å². The van der Waals surface area contributed by atoms with Crippen LogP contribution in [0.2, 0.25) is 5.02 Å². The van der Waals surface area contributed by atoms with E-state index in [1.165, 1.54) is 6.26 Å². The Morgan fingerprint density at radius 2 is 2.00 bits per heavy atom. The lowest BCUT2D eigenvalue weighted by molar-refractivity contribution is -0.132. The molecule has 132 valence electrons. The number of carbonyl (C=O) groups excluding carboxylic acids is 2. The summed E-state index contributed by atoms with van der Waals surface area (Å²) in [4.78, 5) is 31.0. The van der Waals surface area contributed by atoms with Crippen LogP contribution in [-0.4, -0.2) is 21.8 Å². The number of imide groups is 1. The molecule has 1 N–H and O–H groups in total. The minimum Gasteiger partial charge on any atom is -0.466 e. The lowest BCUT2D eigenvalue weighted by Crippen LogP contribution is -2.40. The molecule has 1 fully saturated rings. The lowest BCUT2D eigenvalue weighted by atomic mass is 9.99. The molecule has 3 heterocycles. The number of nitrogens with zero attached hydrogens (tertiary/aromatic N) is 2. The van der Waals surface area contributed by atoms with Gasteiger partial charge in [-0.05, 0) is 37.6 Å². The molecule has 0 radical (unpaired) electrons. The fourth-order valence-electron chi connectivity index (χ4n) is 3.24. The van der Waals surface area contributed by atoms with Crippen LogP contribution in [0.25, 0.3) is 10.9 Å². The quantitative estimate of drug-likeness (QED) is 0.713. The normalized spacial score (nSPS) is 20.0. The summed E-state index contributed by atoms with van der Waals surface area (Å²) in [6.07, 6.45) is 1.47. The maximum atomic E-state index is 12.9. The Morgan fingerprint density at radius 1 is 1.23 bits per heavy atom. The van der Waals surface area contributed by atoms with Crippen molar-refractivity contribution in [3.63, 3.8) is 0 Å². The molecule has 26 heavy (non-hydrogen) atoms. The zero-order valence-electron chi connectivity index (χ0n) is 14.2. The van der Waals surface area contributed by atoms with Crippen LogP contribution in [0.4, 0.5) is 4.79 Å². The summed E-state index contributed by atoms with van der Waals surface area (Å²) in [5.74, 6) is -0.0202. The number of halogens is 1. The second-order valence-electron chi connectivity index (χ2n) is 6.44. The molecule has 1 aromatic carbocycles. The SMILES string of the molecule is Cc1c(Cl)c(CN2C(=O)N[C@@](C)(c3ccco3)C2=O)nc2ccccc12. The van der Waals surface area contributed by atoms with Gasteiger partial charge in [0, 0.05) is 5.39 Å². The summed E-state index contributed by atoms with van der Waals surface area (Å²) in [5.41, 5.74) is 0.882. The number of hydrogen-bond donors (Lipinski definition) is 1. The van der Waals surface area contributed by atoms with E-state index in [2.05, 4.69) is 10.3 Å². The first-order valence-electron chi connectivity index (χ1n) is 8.13. The van der Waals surface area contributed by atoms with E-state index in [1.54, 1.807) is 19.1 Å². The molecule has 0 saturated carbocycles. The van der Waals surface area contributed by atoms with Gasteiger partial charge in [-0.1, -0.05) is 29.8 Å². The summed E-state index contributed by atoms with van der Waals surface area (Å²) in [6.45, 7) is 3.51. The summed E-state index contributed by atoms with van der Waals surface area (Å²) in [5, 5.41) is 4.09. The highest BCUT2D eigenvalue weighted by Gasteiger charge is 2.51. The molecule has 1 aliphatic rings. The van der Waals surface area contributed by atoms with Gasteiger partial charge in [0.15, 0.2) is 5.54 Å². The number of aryl methyl sites for hydroxylation is 1. The van der Waals surface area contributed by atoms with Crippen LogP contribution in [0, 0.1) is 6.92 Å². The van der Waals surface area contributed by atoms with Gasteiger partial charge < -0.3 is 9.73 Å². The molecule has 4 rings (SSSR count). The van der Waals surface area contributed by atoms with Gasteiger partial charge in [-0.2, -0.15) is 0 Å². The van der Waals surface area contributed by atoms with Crippen LogP contribution in [0.5, 0.6) is 0 Å². The van der Waals surface area contributed by atoms with Crippen molar-refractivity contribution in [2.24, 2.45) is 0 Å². The van der Waals surface area contributed by atoms with Crippen molar-refractivity contribution in [1.82, 2.24) is 15.2 Å². The molecule has 0 spiro atoms. The molecule has 1 atom stereocenters. The highest BCUT2D eigenvalue weighted by atomic mass is 35.5. The number of urea groups is 1. The Hall–Kier alpha value is -2.86. The summed E-state index contributed by atoms with van der Waals surface area (Å²) in [6, 6.07) is 10.4. The van der Waals surface area contributed by atoms with Crippen molar-refractivity contribution in [3.05, 3.63) is 64.7 Å². The van der Waals surface area contributed by atoms with Crippen molar-refractivity contribution in [2.75, 3.05) is 0 Å². The maximum Gasteiger partial charge on any atom is 0.325 e. The first kappa shape index (κ1) is 16.6. The van der Waals surface area contributed by atoms with Gasteiger partial charge in [0.05, 0.1) is 29.0 Å². The van der Waals surface area contributed by atoms with E-state index in [4.69, 9.17) is 16.0 Å². The average Bonchev–Trinajstić information content (AvgIpc) is 3.24. The number of aromatic nitrogens is 1. The van der Waals surface area contributed by atoms with Crippen molar-refractivity contribution in [3.8, 4) is 0 Å². The van der Waals surface area contributed by atoms with E-state index in [9.17, 15) is 9.59 Å². The molecule has 6 nitrogen and oxygen atoms in total. The number of amides is 3. The molecule has 1 aliphatic heterocycles. The van der Waals surface area contributed by atoms with Gasteiger partial charge in [-0.15, -0.1) is 0 Å². The van der Waals surface area contributed by atoms with E-state index >= 15 is 0 Å². The van der Waals surface area contributed by atoms with Gasteiger partial charge in [-0.3, -0.25) is 9.69 Å². The average molecular weight is 370 g/mol. The smallest absolute Gasteiger partial charge is 0.325 e. The minimum atomic E-state index is -1.24. The Bertz CT molecular complexity index is 1030. The minimum absolute atomic E-state index is 0.00846. The fraction of sp³-hybridized carbons (Fsp3) is 0.211. The van der Waals surface area contributed by atoms with Gasteiger partial charge in [0.25, 0.3) is 5.91 Å². The van der Waals surface area contributed by atoms with E-state index in [-0.39, 0.29) is 6.54 Å². The highest BCUT2D eigenvalue weighted by Crippen LogP contribution is 2.32. The third-order valence-electron chi connectivity index (χ3n) is 4.74. The zero-order chi connectivity index (χ0) is 18.5. The molecule has 3 aromatic rings. The Balaban J connectivity index is 1.72. The standard InChI is InChI=1S/C19H16ClN3O3/c1-11-12-6-3-4-7-13(12)21-14(16(11)20)10-23-17(24)19(2,22-18(23)25)15-8-5-9-26-15/h3-9H,10H2,1-2H3,(H,22,25)/t19-/m0/s1. The van der Waals surface area contributed by atoms with E-state index in [0.29, 0.717) is 16.5 Å². The third-order valence-corrected chi connectivity index (χ3v) is 5.24. The monoisotopic (exact) mass is 369 g/mol. The van der Waals surface area contributed by atoms with Gasteiger partial charge in [0.1, 0.15) is 5.76 Å². The van der Waals surface area contributed by atoms with Crippen LogP contribution in [0.3, 0.4) is 0 Å². The highest BCUT2D eigenvalue weighted by molar-refractivity contribution is 6.32. The van der Waals surface area contributed by atoms with Crippen molar-refractivity contribution < 1.29 is 14.0 Å². The number of para-hydroxylation sites is 1. The number of fused-ring (bicyclic) bond motifs is 1. The van der Waals surface area contributed by atoms with E-state index in [0.717, 1.165) is 21.4 Å². The number of carbonyl (C=O) groups is 2. The van der Waals surface area contributed by atoms with Crippen LogP contribution < -0.4 is 5.32 Å². The Kier molecular flexibility index (Phi) is 3.73. The van der Waals surface area contributed by atoms with Crippen molar-refractivity contribution >= 4 is 34.4 Å². The number of nitrogens with one attached hydrogen (secondary N) is 1. The second kappa shape index (κ2) is 5.85. The molecule has 1 saturated heterocycles. The number of pyridine rings is 1. The lowest BCUT2D eigenvalue weighted by Gasteiger charge is -2.19. The molecular formula is C19H16ClN3O3. The first-order valence-corrected chi connectivity index (χ1v) is 8.51. The Labute approximate surface area is 154 Å². The predicted molar refractivity (Wildman–Crippen MR) is 96.6 cm³/mol. The summed E-state index contributed by atoms with van der Waals surface area (Å²) >= 11 is 6.47. The van der Waals surface area contributed by atoms with E-state index < -0.39 is 17.5 Å². The van der Waals surface area contributed by atoms with Crippen LogP contribution in [0.15, 0.2) is 47.1 Å². The fourth-order valence-corrected chi connectivity index (χ4v) is 3.45. The van der Waals surface area contributed by atoms with E-state index in [1.807, 2.05) is 31.2 Å². The van der Waals surface area contributed by atoms with Crippen LogP contribution >= 0.6 is 11.6 Å². The molecular weight excluding hydrogens is 354 g/mol. The number of furan rings is 1. The van der Waals surface area contributed by atoms with Crippen molar-refractivity contribution in [2.45, 2.75) is 25.9 Å². The number of hydrogen-bond acceptors (Lipinski definition) is 4. The van der Waals surface area contributed by atoms with Gasteiger partial charge in [-0.25, -0.2) is 9.78 Å². The van der Waals surface area contributed by atoms with Crippen LogP contribution in [-0.2, 0) is 16.9 Å². The molecule has 0 unspecified atom stereocenters. The Morgan fingerprint density at radius 3 is 2.73 bits per heavy atom. The van der Waals surface area contributed by atoms with Crippen molar-refractivity contribution in [1.29, 1.82) is 0 Å². The molecule has 0 bridgehead atoms. The summed E-state index contributed by atoms with van der Waals surface area (Å²) in [7, 11) is 0. The summed E-state index contributed by atoms with van der Waals surface area (Å²) < 4.78 is 5.33. The molecule has 0 aliphatic carbocycles. The predicted octanol–water partition coefficient (Wildman–Crippen LogP) is 3.76. The van der Waals surface area contributed by atoms with Gasteiger partial charge in [0.2, 0.25) is 0 Å². The second-order valence-corrected chi connectivity index (χ2v) is 6.82. The topological polar surface area (TPSA) is 75.4 Å². The van der Waals surface area contributed by atoms with Gasteiger partial charge >= 0.3 is 6.03 Å². The number of benzene rings is 1. The zero-order valence-corrected chi connectivity index (χ0v) is 15.0. The molecule has 2 aromatic heterocycles. The third kappa shape index (κ3) is 2.37. The number of rotatable bonds is 3. The molecule has 7 heteroatoms. The maximum absolute atomic E-state index is 12.9.